The molecule has 2 atom stereocenters. The van der Waals surface area contributed by atoms with Crippen LogP contribution in [0.15, 0.2) is 24.3 Å². The highest BCUT2D eigenvalue weighted by molar-refractivity contribution is 5.29. The SMILES string of the molecule is NC(CC1CCOC1)c1ccc(OC2CC2)cc1. The first-order valence-electron chi connectivity index (χ1n) is 6.91. The van der Waals surface area contributed by atoms with Crippen LogP contribution in [0.2, 0.25) is 0 Å². The minimum atomic E-state index is 0.117. The van der Waals surface area contributed by atoms with Crippen LogP contribution in [-0.2, 0) is 4.74 Å². The first kappa shape index (κ1) is 12.0. The molecule has 1 aromatic carbocycles. The van der Waals surface area contributed by atoms with Crippen molar-refractivity contribution in [2.24, 2.45) is 11.7 Å². The van der Waals surface area contributed by atoms with Gasteiger partial charge in [0.05, 0.1) is 6.10 Å². The summed E-state index contributed by atoms with van der Waals surface area (Å²) in [6.07, 6.45) is 5.02. The van der Waals surface area contributed by atoms with E-state index in [-0.39, 0.29) is 6.04 Å². The first-order chi connectivity index (χ1) is 8.81. The third-order valence-electron chi connectivity index (χ3n) is 3.75. The molecule has 0 aromatic heterocycles. The molecule has 0 spiro atoms. The van der Waals surface area contributed by atoms with Crippen LogP contribution in [0.1, 0.15) is 37.3 Å². The van der Waals surface area contributed by atoms with Crippen LogP contribution in [0.5, 0.6) is 5.75 Å². The van der Waals surface area contributed by atoms with Crippen LogP contribution >= 0.6 is 0 Å². The molecule has 1 aromatic rings. The average molecular weight is 247 g/mol. The van der Waals surface area contributed by atoms with Crippen molar-refractivity contribution in [3.63, 3.8) is 0 Å². The van der Waals surface area contributed by atoms with Crippen LogP contribution < -0.4 is 10.5 Å². The molecule has 3 heteroatoms. The Balaban J connectivity index is 1.56. The maximum atomic E-state index is 6.24. The van der Waals surface area contributed by atoms with Gasteiger partial charge in [-0.15, -0.1) is 0 Å². The second-order valence-corrected chi connectivity index (χ2v) is 5.46. The lowest BCUT2D eigenvalue weighted by Crippen LogP contribution is -2.15. The molecule has 0 bridgehead atoms. The largest absolute Gasteiger partial charge is 0.490 e. The normalized spacial score (nSPS) is 25.1. The second-order valence-electron chi connectivity index (χ2n) is 5.46. The van der Waals surface area contributed by atoms with E-state index >= 15 is 0 Å². The van der Waals surface area contributed by atoms with Crippen LogP contribution in [0.3, 0.4) is 0 Å². The van der Waals surface area contributed by atoms with Crippen molar-refractivity contribution in [1.29, 1.82) is 0 Å². The summed E-state index contributed by atoms with van der Waals surface area (Å²) in [6, 6.07) is 8.39. The predicted octanol–water partition coefficient (Wildman–Crippen LogP) is 2.65. The van der Waals surface area contributed by atoms with Gasteiger partial charge in [-0.25, -0.2) is 0 Å². The summed E-state index contributed by atoms with van der Waals surface area (Å²) in [5.41, 5.74) is 7.44. The molecule has 18 heavy (non-hydrogen) atoms. The van der Waals surface area contributed by atoms with Crippen LogP contribution in [-0.4, -0.2) is 19.3 Å². The van der Waals surface area contributed by atoms with Crippen molar-refractivity contribution >= 4 is 0 Å². The molecule has 1 heterocycles. The molecule has 1 aliphatic heterocycles. The van der Waals surface area contributed by atoms with E-state index in [0.29, 0.717) is 12.0 Å². The Morgan fingerprint density at radius 3 is 2.61 bits per heavy atom. The lowest BCUT2D eigenvalue weighted by atomic mass is 9.95. The van der Waals surface area contributed by atoms with E-state index in [1.165, 1.54) is 18.4 Å². The predicted molar refractivity (Wildman–Crippen MR) is 70.6 cm³/mol. The van der Waals surface area contributed by atoms with E-state index < -0.39 is 0 Å². The minimum absolute atomic E-state index is 0.117. The van der Waals surface area contributed by atoms with E-state index in [1.54, 1.807) is 0 Å². The number of ether oxygens (including phenoxy) is 2. The Hall–Kier alpha value is -1.06. The van der Waals surface area contributed by atoms with Gasteiger partial charge in [0.15, 0.2) is 0 Å². The molecule has 3 rings (SSSR count). The van der Waals surface area contributed by atoms with Gasteiger partial charge in [-0.3, -0.25) is 0 Å². The smallest absolute Gasteiger partial charge is 0.119 e. The summed E-state index contributed by atoms with van der Waals surface area (Å²) in [5, 5.41) is 0. The number of rotatable bonds is 5. The summed E-state index contributed by atoms with van der Waals surface area (Å²) in [7, 11) is 0. The van der Waals surface area contributed by atoms with Crippen molar-refractivity contribution in [2.75, 3.05) is 13.2 Å². The number of nitrogens with two attached hydrogens (primary N) is 1. The number of hydrogen-bond acceptors (Lipinski definition) is 3. The molecule has 1 aliphatic carbocycles. The van der Waals surface area contributed by atoms with Crippen molar-refractivity contribution in [3.05, 3.63) is 29.8 Å². The molecule has 2 aliphatic rings. The van der Waals surface area contributed by atoms with Gasteiger partial charge in [0.1, 0.15) is 5.75 Å². The molecule has 0 radical (unpaired) electrons. The Bertz CT molecular complexity index is 380. The summed E-state index contributed by atoms with van der Waals surface area (Å²) >= 11 is 0. The zero-order valence-electron chi connectivity index (χ0n) is 10.7. The lowest BCUT2D eigenvalue weighted by Gasteiger charge is -2.16. The topological polar surface area (TPSA) is 44.5 Å². The van der Waals surface area contributed by atoms with E-state index in [4.69, 9.17) is 15.2 Å². The Kier molecular flexibility index (Phi) is 3.52. The molecule has 0 amide bonds. The maximum Gasteiger partial charge on any atom is 0.119 e. The Morgan fingerprint density at radius 1 is 1.22 bits per heavy atom. The molecule has 2 N–H and O–H groups in total. The quantitative estimate of drug-likeness (QED) is 0.870. The van der Waals surface area contributed by atoms with Crippen molar-refractivity contribution in [2.45, 2.75) is 37.8 Å². The lowest BCUT2D eigenvalue weighted by molar-refractivity contribution is 0.182. The maximum absolute atomic E-state index is 6.24. The zero-order chi connectivity index (χ0) is 12.4. The standard InChI is InChI=1S/C15H21NO2/c16-15(9-11-7-8-17-10-11)12-1-3-13(4-2-12)18-14-5-6-14/h1-4,11,14-15H,5-10,16H2. The Morgan fingerprint density at radius 2 is 2.00 bits per heavy atom. The average Bonchev–Trinajstić information content (AvgIpc) is 3.04. The van der Waals surface area contributed by atoms with Gasteiger partial charge in [-0.2, -0.15) is 0 Å². The number of hydrogen-bond donors (Lipinski definition) is 1. The van der Waals surface area contributed by atoms with Crippen LogP contribution in [0.4, 0.5) is 0 Å². The van der Waals surface area contributed by atoms with Crippen molar-refractivity contribution in [1.82, 2.24) is 0 Å². The fraction of sp³-hybridized carbons (Fsp3) is 0.600. The van der Waals surface area contributed by atoms with E-state index in [9.17, 15) is 0 Å². The van der Waals surface area contributed by atoms with Gasteiger partial charge in [-0.1, -0.05) is 12.1 Å². The molecule has 98 valence electrons. The Labute approximate surface area is 108 Å². The molecular formula is C15H21NO2. The highest BCUT2D eigenvalue weighted by Gasteiger charge is 2.23. The monoisotopic (exact) mass is 247 g/mol. The third-order valence-corrected chi connectivity index (χ3v) is 3.75. The molecule has 3 nitrogen and oxygen atoms in total. The third kappa shape index (κ3) is 3.03. The summed E-state index contributed by atoms with van der Waals surface area (Å²) in [4.78, 5) is 0. The highest BCUT2D eigenvalue weighted by Crippen LogP contribution is 2.29. The first-order valence-corrected chi connectivity index (χ1v) is 6.91. The van der Waals surface area contributed by atoms with Gasteiger partial charge >= 0.3 is 0 Å². The zero-order valence-corrected chi connectivity index (χ0v) is 10.7. The van der Waals surface area contributed by atoms with Gasteiger partial charge < -0.3 is 15.2 Å². The molecular weight excluding hydrogens is 226 g/mol. The second kappa shape index (κ2) is 5.29. The number of benzene rings is 1. The summed E-state index contributed by atoms with van der Waals surface area (Å²) < 4.78 is 11.1. The molecule has 1 saturated carbocycles. The van der Waals surface area contributed by atoms with Gasteiger partial charge in [0, 0.05) is 19.3 Å². The van der Waals surface area contributed by atoms with E-state index in [0.717, 1.165) is 31.8 Å². The fourth-order valence-electron chi connectivity index (χ4n) is 2.44. The summed E-state index contributed by atoms with van der Waals surface area (Å²) in [5.74, 6) is 1.60. The van der Waals surface area contributed by atoms with Gasteiger partial charge in [-0.05, 0) is 49.3 Å². The van der Waals surface area contributed by atoms with Crippen molar-refractivity contribution < 1.29 is 9.47 Å². The molecule has 2 fully saturated rings. The molecule has 1 saturated heterocycles. The molecule has 2 unspecified atom stereocenters. The van der Waals surface area contributed by atoms with Crippen molar-refractivity contribution in [3.8, 4) is 5.75 Å². The fourth-order valence-corrected chi connectivity index (χ4v) is 2.44. The summed E-state index contributed by atoms with van der Waals surface area (Å²) in [6.45, 7) is 1.77. The minimum Gasteiger partial charge on any atom is -0.490 e. The van der Waals surface area contributed by atoms with E-state index in [1.807, 2.05) is 12.1 Å². The van der Waals surface area contributed by atoms with E-state index in [2.05, 4.69) is 12.1 Å². The highest BCUT2D eigenvalue weighted by atomic mass is 16.5. The van der Waals surface area contributed by atoms with Crippen LogP contribution in [0.25, 0.3) is 0 Å². The van der Waals surface area contributed by atoms with Crippen LogP contribution in [0, 0.1) is 5.92 Å². The van der Waals surface area contributed by atoms with Gasteiger partial charge in [0.2, 0.25) is 0 Å². The van der Waals surface area contributed by atoms with Gasteiger partial charge in [0.25, 0.3) is 0 Å².